The summed E-state index contributed by atoms with van der Waals surface area (Å²) in [7, 11) is 0. The minimum atomic E-state index is 0.408. The molecule has 1 aliphatic rings. The fraction of sp³-hybridized carbons (Fsp3) is 0.615. The van der Waals surface area contributed by atoms with E-state index in [2.05, 4.69) is 29.4 Å². The lowest BCUT2D eigenvalue weighted by molar-refractivity contribution is 0.0240. The first-order valence-electron chi connectivity index (χ1n) is 5.96. The molecular weight excluding hydrogens is 200 g/mol. The van der Waals surface area contributed by atoms with E-state index in [1.165, 1.54) is 5.56 Å². The number of pyridine rings is 1. The molecule has 0 radical (unpaired) electrons. The average Bonchev–Trinajstić information content (AvgIpc) is 2.31. The number of ether oxygens (including phenoxy) is 1. The van der Waals surface area contributed by atoms with Crippen LogP contribution in [-0.2, 0) is 11.3 Å². The van der Waals surface area contributed by atoms with E-state index in [9.17, 15) is 0 Å². The van der Waals surface area contributed by atoms with Crippen LogP contribution in [0.1, 0.15) is 25.3 Å². The highest BCUT2D eigenvalue weighted by Crippen LogP contribution is 2.28. The van der Waals surface area contributed by atoms with Gasteiger partial charge in [-0.15, -0.1) is 0 Å². The Kier molecular flexibility index (Phi) is 3.91. The second kappa shape index (κ2) is 5.41. The molecule has 0 amide bonds. The molecule has 2 heterocycles. The topological polar surface area (TPSA) is 34.2 Å². The molecule has 1 aromatic heterocycles. The Morgan fingerprint density at radius 3 is 2.69 bits per heavy atom. The van der Waals surface area contributed by atoms with Crippen molar-refractivity contribution in [3.63, 3.8) is 0 Å². The maximum atomic E-state index is 5.39. The second-order valence-electron chi connectivity index (χ2n) is 4.88. The van der Waals surface area contributed by atoms with Crippen LogP contribution < -0.4 is 5.32 Å². The van der Waals surface area contributed by atoms with Crippen LogP contribution >= 0.6 is 0 Å². The van der Waals surface area contributed by atoms with Crippen LogP contribution in [0.25, 0.3) is 0 Å². The van der Waals surface area contributed by atoms with E-state index in [-0.39, 0.29) is 0 Å². The number of hydrogen-bond donors (Lipinski definition) is 1. The average molecular weight is 220 g/mol. The summed E-state index contributed by atoms with van der Waals surface area (Å²) in [6, 6.07) is 4.11. The standard InChI is InChI=1S/C13H20N2O/c1-13(4-8-16-9-5-13)11-15-10-12-2-6-14-7-3-12/h2-3,6-7,15H,4-5,8-11H2,1H3. The van der Waals surface area contributed by atoms with Crippen molar-refractivity contribution < 1.29 is 4.74 Å². The van der Waals surface area contributed by atoms with Gasteiger partial charge >= 0.3 is 0 Å². The van der Waals surface area contributed by atoms with E-state index >= 15 is 0 Å². The lowest BCUT2D eigenvalue weighted by Crippen LogP contribution is -2.36. The van der Waals surface area contributed by atoms with Gasteiger partial charge in [-0.05, 0) is 36.0 Å². The predicted octanol–water partition coefficient (Wildman–Crippen LogP) is 1.99. The third-order valence-corrected chi connectivity index (χ3v) is 3.33. The molecule has 1 N–H and O–H groups in total. The third-order valence-electron chi connectivity index (χ3n) is 3.33. The molecule has 1 fully saturated rings. The normalized spacial score (nSPS) is 19.6. The molecule has 3 nitrogen and oxygen atoms in total. The molecule has 1 saturated heterocycles. The molecule has 0 atom stereocenters. The monoisotopic (exact) mass is 220 g/mol. The molecule has 0 bridgehead atoms. The Bertz CT molecular complexity index is 307. The summed E-state index contributed by atoms with van der Waals surface area (Å²) in [6.07, 6.45) is 6.01. The van der Waals surface area contributed by atoms with Crippen molar-refractivity contribution in [2.24, 2.45) is 5.41 Å². The lowest BCUT2D eigenvalue weighted by atomic mass is 9.82. The highest BCUT2D eigenvalue weighted by molar-refractivity contribution is 5.09. The van der Waals surface area contributed by atoms with Crippen molar-refractivity contribution in [1.29, 1.82) is 0 Å². The van der Waals surface area contributed by atoms with Gasteiger partial charge < -0.3 is 10.1 Å². The predicted molar refractivity (Wildman–Crippen MR) is 64.1 cm³/mol. The maximum absolute atomic E-state index is 5.39. The minimum absolute atomic E-state index is 0.408. The highest BCUT2D eigenvalue weighted by atomic mass is 16.5. The Balaban J connectivity index is 1.75. The summed E-state index contributed by atoms with van der Waals surface area (Å²) < 4.78 is 5.39. The number of rotatable bonds is 4. The van der Waals surface area contributed by atoms with Gasteiger partial charge in [0.2, 0.25) is 0 Å². The summed E-state index contributed by atoms with van der Waals surface area (Å²) in [5.74, 6) is 0. The molecular formula is C13H20N2O. The molecule has 2 rings (SSSR count). The van der Waals surface area contributed by atoms with Crippen LogP contribution in [0.15, 0.2) is 24.5 Å². The number of aromatic nitrogens is 1. The van der Waals surface area contributed by atoms with E-state index in [0.29, 0.717) is 5.41 Å². The van der Waals surface area contributed by atoms with Gasteiger partial charge in [0.1, 0.15) is 0 Å². The first kappa shape index (κ1) is 11.6. The van der Waals surface area contributed by atoms with Crippen molar-refractivity contribution in [2.75, 3.05) is 19.8 Å². The molecule has 1 aromatic rings. The summed E-state index contributed by atoms with van der Waals surface area (Å²) >= 11 is 0. The summed E-state index contributed by atoms with van der Waals surface area (Å²) in [4.78, 5) is 4.01. The van der Waals surface area contributed by atoms with E-state index < -0.39 is 0 Å². The van der Waals surface area contributed by atoms with E-state index in [4.69, 9.17) is 4.74 Å². The molecule has 0 aliphatic carbocycles. The zero-order chi connectivity index (χ0) is 11.3. The summed E-state index contributed by atoms with van der Waals surface area (Å²) in [6.45, 7) is 6.16. The highest BCUT2D eigenvalue weighted by Gasteiger charge is 2.26. The van der Waals surface area contributed by atoms with Crippen LogP contribution in [0, 0.1) is 5.41 Å². The Hall–Kier alpha value is -0.930. The zero-order valence-corrected chi connectivity index (χ0v) is 9.91. The number of hydrogen-bond acceptors (Lipinski definition) is 3. The minimum Gasteiger partial charge on any atom is -0.381 e. The summed E-state index contributed by atoms with van der Waals surface area (Å²) in [5, 5.41) is 3.53. The van der Waals surface area contributed by atoms with Gasteiger partial charge in [-0.3, -0.25) is 4.98 Å². The van der Waals surface area contributed by atoms with E-state index in [0.717, 1.165) is 39.1 Å². The van der Waals surface area contributed by atoms with Crippen molar-refractivity contribution in [2.45, 2.75) is 26.3 Å². The van der Waals surface area contributed by atoms with Gasteiger partial charge in [-0.2, -0.15) is 0 Å². The largest absolute Gasteiger partial charge is 0.381 e. The molecule has 1 aliphatic heterocycles. The fourth-order valence-corrected chi connectivity index (χ4v) is 2.05. The van der Waals surface area contributed by atoms with Crippen molar-refractivity contribution in [3.05, 3.63) is 30.1 Å². The SMILES string of the molecule is CC1(CNCc2ccncc2)CCOCC1. The van der Waals surface area contributed by atoms with Crippen molar-refractivity contribution in [3.8, 4) is 0 Å². The first-order valence-corrected chi connectivity index (χ1v) is 5.96. The van der Waals surface area contributed by atoms with E-state index in [1.54, 1.807) is 0 Å². The smallest absolute Gasteiger partial charge is 0.0471 e. The van der Waals surface area contributed by atoms with Gasteiger partial charge in [0.05, 0.1) is 0 Å². The molecule has 3 heteroatoms. The van der Waals surface area contributed by atoms with Crippen LogP contribution in [0.5, 0.6) is 0 Å². The number of nitrogens with one attached hydrogen (secondary N) is 1. The van der Waals surface area contributed by atoms with Crippen LogP contribution in [0.3, 0.4) is 0 Å². The van der Waals surface area contributed by atoms with Crippen LogP contribution in [0.2, 0.25) is 0 Å². The zero-order valence-electron chi connectivity index (χ0n) is 9.91. The Labute approximate surface area is 97.2 Å². The molecule has 0 unspecified atom stereocenters. The fourth-order valence-electron chi connectivity index (χ4n) is 2.05. The van der Waals surface area contributed by atoms with Gasteiger partial charge in [0.25, 0.3) is 0 Å². The molecule has 0 spiro atoms. The molecule has 88 valence electrons. The van der Waals surface area contributed by atoms with Crippen LogP contribution in [-0.4, -0.2) is 24.7 Å². The quantitative estimate of drug-likeness (QED) is 0.842. The van der Waals surface area contributed by atoms with Gasteiger partial charge in [0, 0.05) is 38.7 Å². The summed E-state index contributed by atoms with van der Waals surface area (Å²) in [5.41, 5.74) is 1.70. The van der Waals surface area contributed by atoms with Gasteiger partial charge in [-0.25, -0.2) is 0 Å². The molecule has 16 heavy (non-hydrogen) atoms. The Morgan fingerprint density at radius 1 is 1.31 bits per heavy atom. The van der Waals surface area contributed by atoms with E-state index in [1.807, 2.05) is 12.4 Å². The third kappa shape index (κ3) is 3.29. The molecule has 0 aromatic carbocycles. The second-order valence-corrected chi connectivity index (χ2v) is 4.88. The first-order chi connectivity index (χ1) is 7.79. The molecule has 0 saturated carbocycles. The van der Waals surface area contributed by atoms with Gasteiger partial charge in [0.15, 0.2) is 0 Å². The maximum Gasteiger partial charge on any atom is 0.0471 e. The Morgan fingerprint density at radius 2 is 2.00 bits per heavy atom. The van der Waals surface area contributed by atoms with Crippen LogP contribution in [0.4, 0.5) is 0 Å². The van der Waals surface area contributed by atoms with Gasteiger partial charge in [-0.1, -0.05) is 6.92 Å². The van der Waals surface area contributed by atoms with Crippen molar-refractivity contribution in [1.82, 2.24) is 10.3 Å². The van der Waals surface area contributed by atoms with Crippen molar-refractivity contribution >= 4 is 0 Å². The number of nitrogens with zero attached hydrogens (tertiary/aromatic N) is 1. The lowest BCUT2D eigenvalue weighted by Gasteiger charge is -2.33.